The SMILES string of the molecule is CNc1cc(F)c(F)c2c3c([nH]c12)NC(Oc1cnc(C(C)O)nc1)N=C3N1CC2CCNC2C1. The van der Waals surface area contributed by atoms with E-state index in [4.69, 9.17) is 9.73 Å². The average Bonchev–Trinajstić information content (AvgIpc) is 3.54. The van der Waals surface area contributed by atoms with E-state index in [0.717, 1.165) is 25.6 Å². The van der Waals surface area contributed by atoms with Crippen LogP contribution in [-0.4, -0.2) is 69.9 Å². The largest absolute Gasteiger partial charge is 0.447 e. The zero-order valence-electron chi connectivity index (χ0n) is 19.3. The van der Waals surface area contributed by atoms with Gasteiger partial charge in [0.2, 0.25) is 0 Å². The fraction of sp³-hybridized carbons (Fsp3) is 0.435. The molecule has 0 spiro atoms. The zero-order chi connectivity index (χ0) is 24.3. The molecule has 0 aliphatic carbocycles. The van der Waals surface area contributed by atoms with Gasteiger partial charge in [-0.2, -0.15) is 0 Å². The molecule has 1 aromatic carbocycles. The van der Waals surface area contributed by atoms with Gasteiger partial charge in [0, 0.05) is 32.2 Å². The van der Waals surface area contributed by atoms with E-state index >= 15 is 4.39 Å². The number of halogens is 2. The van der Waals surface area contributed by atoms with Gasteiger partial charge >= 0.3 is 0 Å². The Morgan fingerprint density at radius 1 is 1.26 bits per heavy atom. The van der Waals surface area contributed by atoms with Crippen molar-refractivity contribution < 1.29 is 18.6 Å². The summed E-state index contributed by atoms with van der Waals surface area (Å²) in [5, 5.41) is 19.4. The second kappa shape index (κ2) is 8.31. The Labute approximate surface area is 199 Å². The van der Waals surface area contributed by atoms with E-state index in [1.54, 1.807) is 14.0 Å². The lowest BCUT2D eigenvalue weighted by Crippen LogP contribution is -2.40. The Bertz CT molecular complexity index is 1300. The summed E-state index contributed by atoms with van der Waals surface area (Å²) in [7, 11) is 1.66. The van der Waals surface area contributed by atoms with Crippen LogP contribution < -0.4 is 20.7 Å². The van der Waals surface area contributed by atoms with Crippen molar-refractivity contribution in [3.8, 4) is 5.75 Å². The van der Waals surface area contributed by atoms with E-state index in [1.807, 2.05) is 0 Å². The number of likely N-dealkylation sites (tertiary alicyclic amines) is 1. The molecule has 3 aromatic rings. The molecule has 184 valence electrons. The van der Waals surface area contributed by atoms with Crippen LogP contribution in [0.15, 0.2) is 23.5 Å². The first-order valence-electron chi connectivity index (χ1n) is 11.6. The van der Waals surface area contributed by atoms with Gasteiger partial charge in [-0.1, -0.05) is 0 Å². The van der Waals surface area contributed by atoms with Gasteiger partial charge in [0.1, 0.15) is 17.8 Å². The maximum atomic E-state index is 15.2. The first kappa shape index (κ1) is 22.0. The molecule has 2 aromatic heterocycles. The van der Waals surface area contributed by atoms with E-state index in [9.17, 15) is 9.50 Å². The van der Waals surface area contributed by atoms with Crippen molar-refractivity contribution in [2.45, 2.75) is 31.8 Å². The highest BCUT2D eigenvalue weighted by molar-refractivity contribution is 6.17. The molecular weight excluding hydrogens is 458 g/mol. The van der Waals surface area contributed by atoms with Crippen molar-refractivity contribution in [3.63, 3.8) is 0 Å². The Morgan fingerprint density at radius 3 is 2.77 bits per heavy atom. The number of aliphatic hydroxyl groups is 1. The van der Waals surface area contributed by atoms with Crippen LogP contribution in [0.2, 0.25) is 0 Å². The number of aliphatic imine (C=N–C) groups is 1. The van der Waals surface area contributed by atoms with Gasteiger partial charge in [-0.05, 0) is 25.8 Å². The molecule has 12 heteroatoms. The number of nitrogens with zero attached hydrogens (tertiary/aromatic N) is 4. The summed E-state index contributed by atoms with van der Waals surface area (Å²) in [5.41, 5.74) is 1.36. The number of anilines is 2. The fourth-order valence-electron chi connectivity index (χ4n) is 5.21. The number of hydrogen-bond acceptors (Lipinski definition) is 9. The standard InChI is InChI=1S/C23H26F2N8O2/c1-10(34)20-28-6-12(7-29-20)35-23-31-21-17(16-18(25)13(24)5-14(26-2)19(16)30-21)22(32-23)33-8-11-3-4-27-15(11)9-33/h5-7,10-11,15,23,26-27,30-31,34H,3-4,8-9H2,1-2H3. The average molecular weight is 485 g/mol. The van der Waals surface area contributed by atoms with Gasteiger partial charge in [0.05, 0.1) is 34.5 Å². The maximum absolute atomic E-state index is 15.2. The predicted octanol–water partition coefficient (Wildman–Crippen LogP) is 2.16. The zero-order valence-corrected chi connectivity index (χ0v) is 19.3. The van der Waals surface area contributed by atoms with Crippen LogP contribution in [0.3, 0.4) is 0 Å². The molecule has 0 amide bonds. The molecular formula is C23H26F2N8O2. The van der Waals surface area contributed by atoms with E-state index in [0.29, 0.717) is 52.7 Å². The number of aromatic nitrogens is 3. The second-order valence-corrected chi connectivity index (χ2v) is 9.13. The lowest BCUT2D eigenvalue weighted by Gasteiger charge is -2.29. The third-order valence-electron chi connectivity index (χ3n) is 6.90. The van der Waals surface area contributed by atoms with Crippen LogP contribution in [0.25, 0.3) is 10.9 Å². The summed E-state index contributed by atoms with van der Waals surface area (Å²) in [4.78, 5) is 18.3. The number of ether oxygens (including phenoxy) is 1. The van der Waals surface area contributed by atoms with Crippen LogP contribution in [-0.2, 0) is 0 Å². The Hall–Kier alpha value is -3.51. The Balaban J connectivity index is 1.42. The van der Waals surface area contributed by atoms with Gasteiger partial charge in [-0.15, -0.1) is 0 Å². The van der Waals surface area contributed by atoms with Crippen molar-refractivity contribution in [2.75, 3.05) is 37.3 Å². The highest BCUT2D eigenvalue weighted by atomic mass is 19.2. The van der Waals surface area contributed by atoms with Gasteiger partial charge in [0.25, 0.3) is 6.35 Å². The molecule has 0 bridgehead atoms. The summed E-state index contributed by atoms with van der Waals surface area (Å²) < 4.78 is 35.7. The molecule has 0 radical (unpaired) electrons. The van der Waals surface area contributed by atoms with Crippen molar-refractivity contribution in [2.24, 2.45) is 10.9 Å². The number of fused-ring (bicyclic) bond motifs is 4. The minimum absolute atomic E-state index is 0.142. The maximum Gasteiger partial charge on any atom is 0.271 e. The quantitative estimate of drug-likeness (QED) is 0.382. The molecule has 10 nitrogen and oxygen atoms in total. The normalized spacial score (nSPS) is 24.1. The van der Waals surface area contributed by atoms with E-state index in [2.05, 4.69) is 35.8 Å². The minimum atomic E-state index is -0.934. The van der Waals surface area contributed by atoms with Crippen LogP contribution in [0.1, 0.15) is 30.8 Å². The van der Waals surface area contributed by atoms with Crippen LogP contribution in [0.5, 0.6) is 5.75 Å². The molecule has 0 saturated carbocycles. The van der Waals surface area contributed by atoms with Crippen molar-refractivity contribution in [1.29, 1.82) is 0 Å². The molecule has 4 atom stereocenters. The number of hydrogen-bond donors (Lipinski definition) is 5. The lowest BCUT2D eigenvalue weighted by atomic mass is 10.1. The molecule has 6 rings (SSSR count). The summed E-state index contributed by atoms with van der Waals surface area (Å²) in [6.07, 6.45) is 2.34. The number of H-pyrrole nitrogens is 1. The predicted molar refractivity (Wildman–Crippen MR) is 126 cm³/mol. The summed E-state index contributed by atoms with van der Waals surface area (Å²) in [5.74, 6) is 0.270. The molecule has 5 heterocycles. The van der Waals surface area contributed by atoms with Gasteiger partial charge < -0.3 is 35.7 Å². The smallest absolute Gasteiger partial charge is 0.271 e. The van der Waals surface area contributed by atoms with E-state index < -0.39 is 24.1 Å². The monoisotopic (exact) mass is 484 g/mol. The third-order valence-corrected chi connectivity index (χ3v) is 6.90. The molecule has 5 N–H and O–H groups in total. The minimum Gasteiger partial charge on any atom is -0.447 e. The highest BCUT2D eigenvalue weighted by Gasteiger charge is 2.40. The molecule has 3 aliphatic rings. The fourth-order valence-corrected chi connectivity index (χ4v) is 5.21. The van der Waals surface area contributed by atoms with Crippen molar-refractivity contribution >= 4 is 28.2 Å². The Kier molecular flexibility index (Phi) is 5.22. The molecule has 3 aliphatic heterocycles. The first-order valence-corrected chi connectivity index (χ1v) is 11.6. The first-order chi connectivity index (χ1) is 16.9. The molecule has 35 heavy (non-hydrogen) atoms. The number of aliphatic hydroxyl groups excluding tert-OH is 1. The highest BCUT2D eigenvalue weighted by Crippen LogP contribution is 2.39. The number of aromatic amines is 1. The number of amidine groups is 1. The Morgan fingerprint density at radius 2 is 2.06 bits per heavy atom. The second-order valence-electron chi connectivity index (χ2n) is 9.13. The van der Waals surface area contributed by atoms with Gasteiger partial charge in [-0.25, -0.2) is 23.7 Å². The third kappa shape index (κ3) is 3.64. The molecule has 2 saturated heterocycles. The van der Waals surface area contributed by atoms with Crippen LogP contribution in [0.4, 0.5) is 20.3 Å². The lowest BCUT2D eigenvalue weighted by molar-refractivity contribution is 0.187. The van der Waals surface area contributed by atoms with Crippen molar-refractivity contribution in [1.82, 2.24) is 25.2 Å². The molecule has 4 unspecified atom stereocenters. The summed E-state index contributed by atoms with van der Waals surface area (Å²) >= 11 is 0. The number of benzene rings is 1. The number of nitrogens with one attached hydrogen (secondary N) is 4. The topological polar surface area (TPSA) is 123 Å². The van der Waals surface area contributed by atoms with Gasteiger partial charge in [0.15, 0.2) is 23.2 Å². The van der Waals surface area contributed by atoms with Crippen molar-refractivity contribution in [3.05, 3.63) is 41.5 Å². The number of rotatable bonds is 4. The van der Waals surface area contributed by atoms with E-state index in [-0.39, 0.29) is 11.2 Å². The molecule has 2 fully saturated rings. The van der Waals surface area contributed by atoms with Gasteiger partial charge in [-0.3, -0.25) is 0 Å². The van der Waals surface area contributed by atoms with Crippen LogP contribution >= 0.6 is 0 Å². The van der Waals surface area contributed by atoms with Crippen LogP contribution in [0, 0.1) is 17.6 Å². The summed E-state index contributed by atoms with van der Waals surface area (Å²) in [6.45, 7) is 4.03. The van der Waals surface area contributed by atoms with E-state index in [1.165, 1.54) is 12.4 Å². The summed E-state index contributed by atoms with van der Waals surface area (Å²) in [6, 6.07) is 1.46.